The van der Waals surface area contributed by atoms with Crippen LogP contribution in [0.15, 0.2) is 48.3 Å². The SMILES string of the molecule is C=C/C(COc1ccccc1CC(=O)O)=C(\C)F. The van der Waals surface area contributed by atoms with E-state index in [1.807, 2.05) is 0 Å². The Morgan fingerprint density at radius 3 is 2.72 bits per heavy atom. The Bertz CT molecular complexity index is 474. The highest BCUT2D eigenvalue weighted by Gasteiger charge is 2.08. The van der Waals surface area contributed by atoms with Crippen molar-refractivity contribution in [3.8, 4) is 5.75 Å². The summed E-state index contributed by atoms with van der Waals surface area (Å²) in [4.78, 5) is 10.7. The van der Waals surface area contributed by atoms with Crippen molar-refractivity contribution < 1.29 is 19.0 Å². The van der Waals surface area contributed by atoms with Gasteiger partial charge in [-0.25, -0.2) is 4.39 Å². The van der Waals surface area contributed by atoms with Crippen LogP contribution >= 0.6 is 0 Å². The minimum atomic E-state index is -0.938. The molecule has 0 atom stereocenters. The van der Waals surface area contributed by atoms with Gasteiger partial charge in [0.15, 0.2) is 0 Å². The minimum Gasteiger partial charge on any atom is -0.489 e. The zero-order valence-corrected chi connectivity index (χ0v) is 10.1. The number of allylic oxidation sites excluding steroid dienone is 1. The standard InChI is InChI=1S/C14H15FO3/c1-3-11(10(2)15)9-18-13-7-5-4-6-12(13)8-14(16)17/h3-7H,1,8-9H2,2H3,(H,16,17)/b11-10-. The largest absolute Gasteiger partial charge is 0.489 e. The van der Waals surface area contributed by atoms with E-state index in [1.165, 1.54) is 13.0 Å². The summed E-state index contributed by atoms with van der Waals surface area (Å²) in [5, 5.41) is 8.76. The van der Waals surface area contributed by atoms with Gasteiger partial charge in [-0.3, -0.25) is 4.79 Å². The Hall–Kier alpha value is -2.10. The van der Waals surface area contributed by atoms with Gasteiger partial charge < -0.3 is 9.84 Å². The van der Waals surface area contributed by atoms with Crippen molar-refractivity contribution in [1.29, 1.82) is 0 Å². The maximum absolute atomic E-state index is 13.0. The zero-order valence-electron chi connectivity index (χ0n) is 10.1. The lowest BCUT2D eigenvalue weighted by molar-refractivity contribution is -0.136. The Morgan fingerprint density at radius 2 is 2.17 bits per heavy atom. The third kappa shape index (κ3) is 4.05. The molecule has 0 heterocycles. The molecular formula is C14H15FO3. The van der Waals surface area contributed by atoms with E-state index >= 15 is 0 Å². The molecule has 1 N–H and O–H groups in total. The number of hydrogen-bond acceptors (Lipinski definition) is 2. The number of carboxylic acids is 1. The summed E-state index contributed by atoms with van der Waals surface area (Å²) >= 11 is 0. The second kappa shape index (κ2) is 6.59. The maximum atomic E-state index is 13.0. The van der Waals surface area contributed by atoms with E-state index in [9.17, 15) is 9.18 Å². The number of aliphatic carboxylic acids is 1. The molecule has 0 aromatic heterocycles. The molecular weight excluding hydrogens is 235 g/mol. The number of hydrogen-bond donors (Lipinski definition) is 1. The van der Waals surface area contributed by atoms with Crippen LogP contribution in [0, 0.1) is 0 Å². The molecule has 1 rings (SSSR count). The second-order valence-electron chi connectivity index (χ2n) is 3.73. The first kappa shape index (κ1) is 14.0. The average Bonchev–Trinajstić information content (AvgIpc) is 2.30. The van der Waals surface area contributed by atoms with E-state index in [1.54, 1.807) is 24.3 Å². The van der Waals surface area contributed by atoms with Crippen molar-refractivity contribution in [3.05, 3.63) is 53.9 Å². The molecule has 0 amide bonds. The molecule has 0 aliphatic rings. The summed E-state index contributed by atoms with van der Waals surface area (Å²) in [6.07, 6.45) is 1.26. The van der Waals surface area contributed by atoms with Crippen LogP contribution in [0.4, 0.5) is 4.39 Å². The molecule has 3 nitrogen and oxygen atoms in total. The average molecular weight is 250 g/mol. The Morgan fingerprint density at radius 1 is 1.50 bits per heavy atom. The van der Waals surface area contributed by atoms with Gasteiger partial charge in [-0.1, -0.05) is 30.9 Å². The van der Waals surface area contributed by atoms with Crippen molar-refractivity contribution >= 4 is 5.97 Å². The smallest absolute Gasteiger partial charge is 0.307 e. The van der Waals surface area contributed by atoms with Crippen molar-refractivity contribution in [2.75, 3.05) is 6.61 Å². The van der Waals surface area contributed by atoms with Crippen molar-refractivity contribution in [2.45, 2.75) is 13.3 Å². The lowest BCUT2D eigenvalue weighted by Gasteiger charge is -2.10. The molecule has 0 radical (unpaired) electrons. The predicted molar refractivity (Wildman–Crippen MR) is 67.3 cm³/mol. The zero-order chi connectivity index (χ0) is 13.5. The first-order chi connectivity index (χ1) is 8.54. The molecule has 0 aliphatic heterocycles. The summed E-state index contributed by atoms with van der Waals surface area (Å²) in [5.41, 5.74) is 0.907. The summed E-state index contributed by atoms with van der Waals surface area (Å²) in [5.74, 6) is -0.853. The van der Waals surface area contributed by atoms with Crippen LogP contribution in [0.2, 0.25) is 0 Å². The fourth-order valence-corrected chi connectivity index (χ4v) is 1.41. The van der Waals surface area contributed by atoms with E-state index in [2.05, 4.69) is 6.58 Å². The van der Waals surface area contributed by atoms with Gasteiger partial charge in [0.1, 0.15) is 18.2 Å². The Labute approximate surface area is 105 Å². The van der Waals surface area contributed by atoms with Crippen LogP contribution in [-0.4, -0.2) is 17.7 Å². The van der Waals surface area contributed by atoms with E-state index < -0.39 is 5.97 Å². The van der Waals surface area contributed by atoms with Crippen molar-refractivity contribution in [2.24, 2.45) is 0 Å². The van der Waals surface area contributed by atoms with E-state index in [0.717, 1.165) is 0 Å². The molecule has 0 bridgehead atoms. The summed E-state index contributed by atoms with van der Waals surface area (Å²) in [6, 6.07) is 6.80. The molecule has 1 aromatic carbocycles. The van der Waals surface area contributed by atoms with E-state index in [4.69, 9.17) is 9.84 Å². The number of halogens is 1. The molecule has 18 heavy (non-hydrogen) atoms. The molecule has 1 aromatic rings. The van der Waals surface area contributed by atoms with Gasteiger partial charge in [0, 0.05) is 11.1 Å². The molecule has 0 spiro atoms. The fourth-order valence-electron chi connectivity index (χ4n) is 1.41. The predicted octanol–water partition coefficient (Wildman–Crippen LogP) is 3.12. The van der Waals surface area contributed by atoms with Gasteiger partial charge in [0.2, 0.25) is 0 Å². The number of carbonyl (C=O) groups is 1. The van der Waals surface area contributed by atoms with Crippen molar-refractivity contribution in [3.63, 3.8) is 0 Å². The van der Waals surface area contributed by atoms with Gasteiger partial charge in [-0.2, -0.15) is 0 Å². The molecule has 96 valence electrons. The fraction of sp³-hybridized carbons (Fsp3) is 0.214. The normalized spacial score (nSPS) is 11.7. The summed E-state index contributed by atoms with van der Waals surface area (Å²) in [6.45, 7) is 4.85. The molecule has 4 heteroatoms. The summed E-state index contributed by atoms with van der Waals surface area (Å²) < 4.78 is 18.4. The van der Waals surface area contributed by atoms with Gasteiger partial charge in [-0.15, -0.1) is 0 Å². The van der Waals surface area contributed by atoms with Crippen LogP contribution in [0.5, 0.6) is 5.75 Å². The molecule has 0 saturated carbocycles. The number of ether oxygens (including phenoxy) is 1. The number of carboxylic acid groups (broad SMARTS) is 1. The van der Waals surface area contributed by atoms with Gasteiger partial charge >= 0.3 is 5.97 Å². The minimum absolute atomic E-state index is 0.0302. The number of para-hydroxylation sites is 1. The second-order valence-corrected chi connectivity index (χ2v) is 3.73. The van der Waals surface area contributed by atoms with E-state index in [0.29, 0.717) is 16.9 Å². The van der Waals surface area contributed by atoms with Gasteiger partial charge in [-0.05, 0) is 13.0 Å². The third-order valence-corrected chi connectivity index (χ3v) is 2.39. The lowest BCUT2D eigenvalue weighted by atomic mass is 10.1. The number of benzene rings is 1. The molecule has 0 saturated heterocycles. The monoisotopic (exact) mass is 250 g/mol. The molecule has 0 fully saturated rings. The molecule has 0 aliphatic carbocycles. The highest BCUT2D eigenvalue weighted by Crippen LogP contribution is 2.20. The van der Waals surface area contributed by atoms with Crippen LogP contribution in [0.1, 0.15) is 12.5 Å². The highest BCUT2D eigenvalue weighted by atomic mass is 19.1. The Balaban J connectivity index is 2.81. The van der Waals surface area contributed by atoms with Crippen LogP contribution in [-0.2, 0) is 11.2 Å². The van der Waals surface area contributed by atoms with Crippen LogP contribution in [0.25, 0.3) is 0 Å². The van der Waals surface area contributed by atoms with Gasteiger partial charge in [0.25, 0.3) is 0 Å². The lowest BCUT2D eigenvalue weighted by Crippen LogP contribution is -2.06. The Kier molecular flexibility index (Phi) is 5.11. The first-order valence-corrected chi connectivity index (χ1v) is 5.44. The quantitative estimate of drug-likeness (QED) is 0.789. The van der Waals surface area contributed by atoms with Crippen LogP contribution < -0.4 is 4.74 Å². The maximum Gasteiger partial charge on any atom is 0.307 e. The summed E-state index contributed by atoms with van der Waals surface area (Å²) in [7, 11) is 0. The third-order valence-electron chi connectivity index (χ3n) is 2.39. The number of rotatable bonds is 6. The van der Waals surface area contributed by atoms with Crippen molar-refractivity contribution in [1.82, 2.24) is 0 Å². The molecule has 0 unspecified atom stereocenters. The topological polar surface area (TPSA) is 46.5 Å². The first-order valence-electron chi connectivity index (χ1n) is 5.44. The van der Waals surface area contributed by atoms with E-state index in [-0.39, 0.29) is 18.9 Å². The van der Waals surface area contributed by atoms with Crippen LogP contribution in [0.3, 0.4) is 0 Å². The van der Waals surface area contributed by atoms with Gasteiger partial charge in [0.05, 0.1) is 6.42 Å². The highest BCUT2D eigenvalue weighted by molar-refractivity contribution is 5.71.